The number of aliphatic hydroxyl groups excluding tert-OH is 1. The number of amides is 1. The Morgan fingerprint density at radius 3 is 2.44 bits per heavy atom. The van der Waals surface area contributed by atoms with E-state index in [1.54, 1.807) is 0 Å². The molecule has 0 aromatic heterocycles. The molecule has 1 N–H and O–H groups in total. The van der Waals surface area contributed by atoms with Gasteiger partial charge in [0.15, 0.2) is 0 Å². The van der Waals surface area contributed by atoms with Crippen LogP contribution >= 0.6 is 0 Å². The molecule has 0 saturated carbocycles. The molecular weight excluding hydrogens is 340 g/mol. The molecule has 3 rings (SSSR count). The van der Waals surface area contributed by atoms with Crippen LogP contribution in [0.1, 0.15) is 5.56 Å². The van der Waals surface area contributed by atoms with Gasteiger partial charge in [0, 0.05) is 64.9 Å². The molecule has 6 nitrogen and oxygen atoms in total. The normalized spacial score (nSPS) is 24.7. The zero-order chi connectivity index (χ0) is 19.2. The van der Waals surface area contributed by atoms with Crippen LogP contribution in [-0.2, 0) is 11.3 Å². The minimum absolute atomic E-state index is 0.169. The predicted octanol–water partition coefficient (Wildman–Crippen LogP) is 0.433. The second-order valence-corrected chi connectivity index (χ2v) is 8.26. The van der Waals surface area contributed by atoms with Gasteiger partial charge >= 0.3 is 0 Å². The molecule has 6 heteroatoms. The average molecular weight is 375 g/mol. The minimum Gasteiger partial charge on any atom is -0.396 e. The molecule has 2 aliphatic rings. The Morgan fingerprint density at radius 1 is 1.11 bits per heavy atom. The SMILES string of the molecule is CN1CCN(C[C@@H]2CN(C(=O)CN(C)Cc3ccccc3)C[C@@H]2CO)CC1. The van der Waals surface area contributed by atoms with E-state index in [1.165, 1.54) is 5.56 Å². The van der Waals surface area contributed by atoms with Gasteiger partial charge in [-0.3, -0.25) is 9.69 Å². The third-order valence-electron chi connectivity index (χ3n) is 5.95. The molecule has 150 valence electrons. The Labute approximate surface area is 163 Å². The van der Waals surface area contributed by atoms with Crippen molar-refractivity contribution in [3.05, 3.63) is 35.9 Å². The lowest BCUT2D eigenvalue weighted by Gasteiger charge is -2.34. The summed E-state index contributed by atoms with van der Waals surface area (Å²) in [6.07, 6.45) is 0. The van der Waals surface area contributed by atoms with Crippen molar-refractivity contribution in [3.8, 4) is 0 Å². The smallest absolute Gasteiger partial charge is 0.236 e. The third-order valence-corrected chi connectivity index (χ3v) is 5.95. The number of hydrogen-bond acceptors (Lipinski definition) is 5. The highest BCUT2D eigenvalue weighted by Gasteiger charge is 2.36. The molecule has 1 aromatic rings. The number of benzene rings is 1. The van der Waals surface area contributed by atoms with Crippen LogP contribution in [0.5, 0.6) is 0 Å². The lowest BCUT2D eigenvalue weighted by molar-refractivity contribution is -0.131. The second kappa shape index (κ2) is 9.64. The van der Waals surface area contributed by atoms with Crippen LogP contribution in [0.2, 0.25) is 0 Å². The van der Waals surface area contributed by atoms with Gasteiger partial charge in [-0.25, -0.2) is 0 Å². The van der Waals surface area contributed by atoms with Crippen LogP contribution in [0.15, 0.2) is 30.3 Å². The molecule has 2 aliphatic heterocycles. The molecule has 0 radical (unpaired) electrons. The molecule has 2 heterocycles. The highest BCUT2D eigenvalue weighted by molar-refractivity contribution is 5.78. The quantitative estimate of drug-likeness (QED) is 0.750. The Morgan fingerprint density at radius 2 is 1.78 bits per heavy atom. The maximum atomic E-state index is 12.8. The molecule has 2 atom stereocenters. The number of carbonyl (C=O) groups excluding carboxylic acids is 1. The van der Waals surface area contributed by atoms with Crippen LogP contribution in [0.4, 0.5) is 0 Å². The third kappa shape index (κ3) is 5.75. The van der Waals surface area contributed by atoms with Crippen molar-refractivity contribution >= 4 is 5.91 Å². The fourth-order valence-electron chi connectivity index (χ4n) is 4.20. The van der Waals surface area contributed by atoms with E-state index < -0.39 is 0 Å². The summed E-state index contributed by atoms with van der Waals surface area (Å²) in [4.78, 5) is 21.6. The fraction of sp³-hybridized carbons (Fsp3) is 0.667. The zero-order valence-corrected chi connectivity index (χ0v) is 16.8. The van der Waals surface area contributed by atoms with Crippen molar-refractivity contribution in [1.82, 2.24) is 19.6 Å². The van der Waals surface area contributed by atoms with E-state index in [0.717, 1.165) is 45.8 Å². The Bertz CT molecular complexity index is 589. The molecule has 0 aliphatic carbocycles. The number of likely N-dealkylation sites (N-methyl/N-ethyl adjacent to an activating group) is 2. The van der Waals surface area contributed by atoms with Gasteiger partial charge in [0.25, 0.3) is 0 Å². The lowest BCUT2D eigenvalue weighted by Crippen LogP contribution is -2.47. The molecule has 0 bridgehead atoms. The van der Waals surface area contributed by atoms with Crippen LogP contribution < -0.4 is 0 Å². The Balaban J connectivity index is 1.48. The van der Waals surface area contributed by atoms with E-state index in [2.05, 4.69) is 33.9 Å². The van der Waals surface area contributed by atoms with Crippen LogP contribution in [0, 0.1) is 11.8 Å². The molecule has 2 fully saturated rings. The molecule has 27 heavy (non-hydrogen) atoms. The summed E-state index contributed by atoms with van der Waals surface area (Å²) in [5.74, 6) is 0.752. The van der Waals surface area contributed by atoms with Gasteiger partial charge in [-0.15, -0.1) is 0 Å². The van der Waals surface area contributed by atoms with E-state index in [0.29, 0.717) is 19.0 Å². The summed E-state index contributed by atoms with van der Waals surface area (Å²) in [6.45, 7) is 8.18. The monoisotopic (exact) mass is 374 g/mol. The molecule has 2 saturated heterocycles. The molecular formula is C21H34N4O2. The Hall–Kier alpha value is -1.47. The van der Waals surface area contributed by atoms with Crippen LogP contribution in [0.3, 0.4) is 0 Å². The number of rotatable bonds is 7. The topological polar surface area (TPSA) is 50.3 Å². The summed E-state index contributed by atoms with van der Waals surface area (Å²) in [6, 6.07) is 10.2. The first-order valence-corrected chi connectivity index (χ1v) is 10.1. The molecule has 0 spiro atoms. The van der Waals surface area contributed by atoms with Crippen LogP contribution in [0.25, 0.3) is 0 Å². The van der Waals surface area contributed by atoms with E-state index in [4.69, 9.17) is 0 Å². The van der Waals surface area contributed by atoms with Gasteiger partial charge in [0.05, 0.1) is 6.54 Å². The first-order valence-electron chi connectivity index (χ1n) is 10.1. The summed E-state index contributed by atoms with van der Waals surface area (Å²) in [7, 11) is 4.15. The van der Waals surface area contributed by atoms with Gasteiger partial charge in [0.2, 0.25) is 5.91 Å². The fourth-order valence-corrected chi connectivity index (χ4v) is 4.20. The highest BCUT2D eigenvalue weighted by atomic mass is 16.3. The standard InChI is InChI=1S/C21H34N4O2/c1-22-8-10-24(11-9-22)13-19-14-25(15-20(19)17-26)21(27)16-23(2)12-18-6-4-3-5-7-18/h3-7,19-20,26H,8-17H2,1-2H3/t19-,20-/m1/s1. The van der Waals surface area contributed by atoms with E-state index in [-0.39, 0.29) is 18.4 Å². The summed E-state index contributed by atoms with van der Waals surface area (Å²) < 4.78 is 0. The number of piperazine rings is 1. The van der Waals surface area contributed by atoms with Gasteiger partial charge in [0.1, 0.15) is 0 Å². The second-order valence-electron chi connectivity index (χ2n) is 8.26. The summed E-state index contributed by atoms with van der Waals surface area (Å²) in [5.41, 5.74) is 1.22. The van der Waals surface area contributed by atoms with E-state index >= 15 is 0 Å². The summed E-state index contributed by atoms with van der Waals surface area (Å²) in [5, 5.41) is 9.81. The minimum atomic E-state index is 0.169. The zero-order valence-electron chi connectivity index (χ0n) is 16.8. The number of likely N-dealkylation sites (tertiary alicyclic amines) is 1. The number of aliphatic hydroxyl groups is 1. The van der Waals surface area contributed by atoms with Gasteiger partial charge < -0.3 is 19.8 Å². The van der Waals surface area contributed by atoms with Crippen molar-refractivity contribution in [2.75, 3.05) is 73.1 Å². The molecule has 1 aromatic carbocycles. The van der Waals surface area contributed by atoms with Gasteiger partial charge in [-0.1, -0.05) is 30.3 Å². The maximum absolute atomic E-state index is 12.8. The first-order chi connectivity index (χ1) is 13.0. The van der Waals surface area contributed by atoms with E-state index in [9.17, 15) is 9.90 Å². The van der Waals surface area contributed by atoms with Gasteiger partial charge in [-0.05, 0) is 25.6 Å². The lowest BCUT2D eigenvalue weighted by atomic mass is 9.96. The largest absolute Gasteiger partial charge is 0.396 e. The predicted molar refractivity (Wildman–Crippen MR) is 107 cm³/mol. The van der Waals surface area contributed by atoms with Crippen molar-refractivity contribution in [1.29, 1.82) is 0 Å². The van der Waals surface area contributed by atoms with Crippen molar-refractivity contribution in [3.63, 3.8) is 0 Å². The first kappa shape index (κ1) is 20.3. The number of nitrogens with zero attached hydrogens (tertiary/aromatic N) is 4. The molecule has 1 amide bonds. The Kier molecular flexibility index (Phi) is 7.24. The highest BCUT2D eigenvalue weighted by Crippen LogP contribution is 2.25. The van der Waals surface area contributed by atoms with Crippen LogP contribution in [-0.4, -0.2) is 104 Å². The van der Waals surface area contributed by atoms with Gasteiger partial charge in [-0.2, -0.15) is 0 Å². The van der Waals surface area contributed by atoms with Crippen molar-refractivity contribution in [2.45, 2.75) is 6.54 Å². The maximum Gasteiger partial charge on any atom is 0.236 e. The number of carbonyl (C=O) groups is 1. The average Bonchev–Trinajstić information content (AvgIpc) is 3.07. The molecule has 0 unspecified atom stereocenters. The summed E-state index contributed by atoms with van der Waals surface area (Å²) >= 11 is 0. The van der Waals surface area contributed by atoms with E-state index in [1.807, 2.05) is 30.1 Å². The number of hydrogen-bond donors (Lipinski definition) is 1. The van der Waals surface area contributed by atoms with Crippen molar-refractivity contribution in [2.24, 2.45) is 11.8 Å². The van der Waals surface area contributed by atoms with Crippen molar-refractivity contribution < 1.29 is 9.90 Å².